The van der Waals surface area contributed by atoms with Crippen LogP contribution in [0, 0.1) is 12.3 Å². The third-order valence-electron chi connectivity index (χ3n) is 1.69. The second-order valence-electron chi connectivity index (χ2n) is 3.15. The first-order valence-electron chi connectivity index (χ1n) is 3.56. The highest BCUT2D eigenvalue weighted by atomic mass is 16.2. The minimum atomic E-state index is -0.812. The molecular weight excluding hydrogens is 156 g/mol. The Balaban J connectivity index is 2.87. The van der Waals surface area contributed by atoms with Gasteiger partial charge in [0, 0.05) is 0 Å². The molecule has 1 rings (SSSR count). The standard InChI is InChI=1S/C8H10N2O2/c1-4-5-10-6(11)8(2,3)9-7(10)12/h1H,5H2,2-3H3,(H,9,12). The average Bonchev–Trinajstić information content (AvgIpc) is 2.13. The number of carbonyl (C=O) groups is 2. The molecule has 1 heterocycles. The lowest BCUT2D eigenvalue weighted by atomic mass is 10.1. The van der Waals surface area contributed by atoms with E-state index in [0.29, 0.717) is 0 Å². The molecule has 1 N–H and O–H groups in total. The van der Waals surface area contributed by atoms with E-state index in [1.165, 1.54) is 0 Å². The summed E-state index contributed by atoms with van der Waals surface area (Å²) in [5, 5.41) is 2.52. The van der Waals surface area contributed by atoms with Crippen LogP contribution < -0.4 is 5.32 Å². The Morgan fingerprint density at radius 2 is 2.17 bits per heavy atom. The van der Waals surface area contributed by atoms with Crippen molar-refractivity contribution in [2.75, 3.05) is 6.54 Å². The van der Waals surface area contributed by atoms with E-state index in [2.05, 4.69) is 11.2 Å². The van der Waals surface area contributed by atoms with E-state index in [1.807, 2.05) is 0 Å². The molecule has 64 valence electrons. The quantitative estimate of drug-likeness (QED) is 0.438. The van der Waals surface area contributed by atoms with Crippen LogP contribution in [-0.2, 0) is 4.79 Å². The van der Waals surface area contributed by atoms with E-state index in [4.69, 9.17) is 6.42 Å². The lowest BCUT2D eigenvalue weighted by molar-refractivity contribution is -0.129. The van der Waals surface area contributed by atoms with Gasteiger partial charge in [0.2, 0.25) is 0 Å². The molecule has 0 aromatic heterocycles. The fraction of sp³-hybridized carbons (Fsp3) is 0.500. The number of terminal acetylenes is 1. The number of urea groups is 1. The third-order valence-corrected chi connectivity index (χ3v) is 1.69. The van der Waals surface area contributed by atoms with Gasteiger partial charge in [-0.05, 0) is 13.8 Å². The van der Waals surface area contributed by atoms with Crippen LogP contribution in [0.15, 0.2) is 0 Å². The van der Waals surface area contributed by atoms with Crippen molar-refractivity contribution in [1.82, 2.24) is 10.2 Å². The van der Waals surface area contributed by atoms with Crippen LogP contribution in [-0.4, -0.2) is 28.9 Å². The molecule has 1 aliphatic rings. The smallest absolute Gasteiger partial charge is 0.324 e. The maximum atomic E-state index is 11.4. The molecule has 0 aromatic rings. The van der Waals surface area contributed by atoms with Crippen LogP contribution in [0.25, 0.3) is 0 Å². The highest BCUT2D eigenvalue weighted by Gasteiger charge is 2.43. The topological polar surface area (TPSA) is 49.4 Å². The van der Waals surface area contributed by atoms with Crippen LogP contribution in [0.3, 0.4) is 0 Å². The zero-order valence-corrected chi connectivity index (χ0v) is 7.05. The zero-order valence-electron chi connectivity index (χ0n) is 7.05. The molecule has 1 fully saturated rings. The molecule has 0 radical (unpaired) electrons. The Bertz CT molecular complexity index is 275. The molecule has 12 heavy (non-hydrogen) atoms. The van der Waals surface area contributed by atoms with Crippen molar-refractivity contribution in [1.29, 1.82) is 0 Å². The van der Waals surface area contributed by atoms with Crippen molar-refractivity contribution in [3.63, 3.8) is 0 Å². The minimum Gasteiger partial charge on any atom is -0.324 e. The Morgan fingerprint density at radius 1 is 1.58 bits per heavy atom. The second kappa shape index (κ2) is 2.52. The Labute approximate surface area is 70.9 Å². The molecule has 0 atom stereocenters. The normalized spacial score (nSPS) is 20.6. The van der Waals surface area contributed by atoms with Gasteiger partial charge in [-0.2, -0.15) is 0 Å². The van der Waals surface area contributed by atoms with Crippen LogP contribution in [0.1, 0.15) is 13.8 Å². The van der Waals surface area contributed by atoms with Crippen molar-refractivity contribution in [3.8, 4) is 12.3 Å². The molecule has 3 amide bonds. The fourth-order valence-corrected chi connectivity index (χ4v) is 1.05. The number of hydrogen-bond donors (Lipinski definition) is 1. The first-order chi connectivity index (χ1) is 5.49. The summed E-state index contributed by atoms with van der Waals surface area (Å²) in [6.45, 7) is 3.32. The Kier molecular flexibility index (Phi) is 1.81. The van der Waals surface area contributed by atoms with Gasteiger partial charge >= 0.3 is 6.03 Å². The Morgan fingerprint density at radius 3 is 2.50 bits per heavy atom. The Hall–Kier alpha value is -1.50. The van der Waals surface area contributed by atoms with Gasteiger partial charge in [-0.1, -0.05) is 5.92 Å². The van der Waals surface area contributed by atoms with Gasteiger partial charge in [0.25, 0.3) is 5.91 Å². The second-order valence-corrected chi connectivity index (χ2v) is 3.15. The van der Waals surface area contributed by atoms with Crippen molar-refractivity contribution in [2.24, 2.45) is 0 Å². The van der Waals surface area contributed by atoms with Crippen molar-refractivity contribution in [2.45, 2.75) is 19.4 Å². The molecule has 0 saturated carbocycles. The molecule has 0 aliphatic carbocycles. The number of imide groups is 1. The van der Waals surface area contributed by atoms with Crippen LogP contribution in [0.4, 0.5) is 4.79 Å². The van der Waals surface area contributed by atoms with Crippen molar-refractivity contribution >= 4 is 11.9 Å². The summed E-state index contributed by atoms with van der Waals surface area (Å²) in [5.74, 6) is 1.98. The molecule has 4 heteroatoms. The maximum Gasteiger partial charge on any atom is 0.325 e. The number of rotatable bonds is 1. The zero-order chi connectivity index (χ0) is 9.35. The lowest BCUT2D eigenvalue weighted by Crippen LogP contribution is -2.40. The maximum absolute atomic E-state index is 11.4. The van der Waals surface area contributed by atoms with E-state index in [1.54, 1.807) is 13.8 Å². The number of amides is 3. The number of hydrogen-bond acceptors (Lipinski definition) is 2. The van der Waals surface area contributed by atoms with E-state index < -0.39 is 11.6 Å². The van der Waals surface area contributed by atoms with Gasteiger partial charge in [-0.3, -0.25) is 9.69 Å². The molecule has 0 bridgehead atoms. The van der Waals surface area contributed by atoms with Gasteiger partial charge in [0.05, 0.1) is 6.54 Å². The van der Waals surface area contributed by atoms with E-state index in [0.717, 1.165) is 4.90 Å². The van der Waals surface area contributed by atoms with Crippen molar-refractivity contribution in [3.05, 3.63) is 0 Å². The summed E-state index contributed by atoms with van der Waals surface area (Å²) < 4.78 is 0. The molecule has 4 nitrogen and oxygen atoms in total. The van der Waals surface area contributed by atoms with E-state index >= 15 is 0 Å². The first kappa shape index (κ1) is 8.60. The SMILES string of the molecule is C#CCN1C(=O)NC(C)(C)C1=O. The predicted octanol–water partition coefficient (Wildman–Crippen LogP) is -0.0500. The molecule has 0 spiro atoms. The summed E-state index contributed by atoms with van der Waals surface area (Å²) in [7, 11) is 0. The third kappa shape index (κ3) is 1.14. The van der Waals surface area contributed by atoms with Crippen molar-refractivity contribution < 1.29 is 9.59 Å². The predicted molar refractivity (Wildman–Crippen MR) is 43.2 cm³/mol. The molecule has 0 unspecified atom stereocenters. The number of nitrogens with zero attached hydrogens (tertiary/aromatic N) is 1. The fourth-order valence-electron chi connectivity index (χ4n) is 1.05. The van der Waals surface area contributed by atoms with Gasteiger partial charge in [-0.25, -0.2) is 4.79 Å². The van der Waals surface area contributed by atoms with Gasteiger partial charge in [0.15, 0.2) is 0 Å². The summed E-state index contributed by atoms with van der Waals surface area (Å²) in [4.78, 5) is 23.5. The number of nitrogens with one attached hydrogen (secondary N) is 1. The minimum absolute atomic E-state index is 0.0358. The lowest BCUT2D eigenvalue weighted by Gasteiger charge is -2.13. The highest BCUT2D eigenvalue weighted by molar-refractivity contribution is 6.06. The summed E-state index contributed by atoms with van der Waals surface area (Å²) in [6.07, 6.45) is 5.00. The monoisotopic (exact) mass is 166 g/mol. The first-order valence-corrected chi connectivity index (χ1v) is 3.56. The van der Waals surface area contributed by atoms with Crippen LogP contribution in [0.2, 0.25) is 0 Å². The van der Waals surface area contributed by atoms with E-state index in [9.17, 15) is 9.59 Å². The molecular formula is C8H10N2O2. The van der Waals surface area contributed by atoms with Crippen LogP contribution in [0.5, 0.6) is 0 Å². The summed E-state index contributed by atoms with van der Waals surface area (Å²) in [6, 6.07) is -0.414. The largest absolute Gasteiger partial charge is 0.325 e. The van der Waals surface area contributed by atoms with Crippen LogP contribution >= 0.6 is 0 Å². The summed E-state index contributed by atoms with van der Waals surface area (Å²) >= 11 is 0. The van der Waals surface area contributed by atoms with E-state index in [-0.39, 0.29) is 12.5 Å². The molecule has 1 saturated heterocycles. The van der Waals surface area contributed by atoms with Gasteiger partial charge in [0.1, 0.15) is 5.54 Å². The summed E-state index contributed by atoms with van der Waals surface area (Å²) in [5.41, 5.74) is -0.812. The molecule has 0 aromatic carbocycles. The molecule has 1 aliphatic heterocycles. The number of carbonyl (C=O) groups excluding carboxylic acids is 2. The van der Waals surface area contributed by atoms with Gasteiger partial charge in [-0.15, -0.1) is 6.42 Å². The average molecular weight is 166 g/mol. The highest BCUT2D eigenvalue weighted by Crippen LogP contribution is 2.15. The van der Waals surface area contributed by atoms with Gasteiger partial charge < -0.3 is 5.32 Å².